The first-order valence-electron chi connectivity index (χ1n) is 28.6. The van der Waals surface area contributed by atoms with Crippen LogP contribution in [0.5, 0.6) is 0 Å². The topological polar surface area (TPSA) is 86.0 Å². The van der Waals surface area contributed by atoms with Crippen molar-refractivity contribution in [3.8, 4) is 56.0 Å². The van der Waals surface area contributed by atoms with Crippen LogP contribution in [0.1, 0.15) is 5.56 Å². The van der Waals surface area contributed by atoms with Crippen molar-refractivity contribution in [3.05, 3.63) is 243 Å². The number of aromatic nitrogens is 3. The van der Waals surface area contributed by atoms with E-state index in [9.17, 15) is 8.42 Å². The van der Waals surface area contributed by atoms with Crippen LogP contribution in [0.25, 0.3) is 78.0 Å². The van der Waals surface area contributed by atoms with Crippen LogP contribution in [-0.4, -0.2) is 55.7 Å². The summed E-state index contributed by atoms with van der Waals surface area (Å²) >= 11 is 0. The van der Waals surface area contributed by atoms with E-state index in [1.807, 2.05) is 54.7 Å². The molecule has 14 rings (SSSR count). The molecule has 0 saturated carbocycles. The zero-order chi connectivity index (χ0) is 58.8. The van der Waals surface area contributed by atoms with E-state index in [-0.39, 0.29) is 60.3 Å². The second-order valence-corrected chi connectivity index (χ2v) is 45.9. The fraction of sp³-hybridized carbons (Fsp3) is 0.137. The summed E-state index contributed by atoms with van der Waals surface area (Å²) in [4.78, 5) is 14.9. The third-order valence-electron chi connectivity index (χ3n) is 16.4. The Hall–Kier alpha value is -6.22. The first kappa shape index (κ1) is 65.2. The maximum atomic E-state index is 12.6. The van der Waals surface area contributed by atoms with Gasteiger partial charge < -0.3 is 19.4 Å². The van der Waals surface area contributed by atoms with Gasteiger partial charge in [-0.1, -0.05) is 243 Å². The molecule has 3 radical (unpaired) electrons. The molecule has 4 aromatic heterocycles. The molecule has 0 bridgehead atoms. The SMILES string of the molecule is C[Si](C)(C)c1ccc(-c2[c-]cc3c(c2)-c2ccccc2S3(=O)=O)nc1.C[Si](C)(C)c1ccc(-c2[c-]cc3c(c2)-c2ccccc2[Si]3(c2ccccc2)c2ccccc2)nc1.Cc1cc(-c2[c-]cc3oc4ccccc4c3c2)ncc1[Si](C)(C)C.[Ir].[Ir].[Ir]. The van der Waals surface area contributed by atoms with E-state index in [1.54, 1.807) is 18.2 Å². The number of sulfone groups is 1. The van der Waals surface area contributed by atoms with Gasteiger partial charge in [0.05, 0.1) is 34.7 Å². The number of aryl methyl sites for hydroxylation is 1. The smallest absolute Gasteiger partial charge is 0.173 e. The molecule has 6 nitrogen and oxygen atoms in total. The summed E-state index contributed by atoms with van der Waals surface area (Å²) in [6, 6.07) is 79.4. The van der Waals surface area contributed by atoms with Gasteiger partial charge in [-0.3, -0.25) is 0 Å². The van der Waals surface area contributed by atoms with Crippen molar-refractivity contribution in [3.63, 3.8) is 0 Å². The molecule has 0 atom stereocenters. The summed E-state index contributed by atoms with van der Waals surface area (Å²) in [6.45, 7) is 23.2. The molecule has 0 spiro atoms. The molecule has 0 amide bonds. The van der Waals surface area contributed by atoms with Crippen LogP contribution in [0, 0.1) is 25.1 Å². The van der Waals surface area contributed by atoms with E-state index < -0.39 is 42.1 Å². The van der Waals surface area contributed by atoms with E-state index in [4.69, 9.17) is 14.4 Å². The Bertz CT molecular complexity index is 4550. The van der Waals surface area contributed by atoms with Gasteiger partial charge in [-0.15, -0.1) is 76.5 Å². The van der Waals surface area contributed by atoms with E-state index >= 15 is 0 Å². The zero-order valence-electron chi connectivity index (χ0n) is 50.3. The summed E-state index contributed by atoms with van der Waals surface area (Å²) in [5.74, 6) is 0. The number of furan rings is 1. The molecule has 0 saturated heterocycles. The van der Waals surface area contributed by atoms with Crippen molar-refractivity contribution in [1.29, 1.82) is 0 Å². The molecule has 0 unspecified atom stereocenters. The van der Waals surface area contributed by atoms with Gasteiger partial charge in [0.25, 0.3) is 0 Å². The maximum Gasteiger partial charge on any atom is 0.173 e. The van der Waals surface area contributed by atoms with Crippen molar-refractivity contribution < 1.29 is 73.2 Å². The van der Waals surface area contributed by atoms with Gasteiger partial charge in [0.1, 0.15) is 13.7 Å². The van der Waals surface area contributed by atoms with Crippen LogP contribution in [0.15, 0.2) is 233 Å². The van der Waals surface area contributed by atoms with Crippen molar-refractivity contribution in [2.75, 3.05) is 0 Å². The second kappa shape index (κ2) is 25.7. The first-order valence-corrected chi connectivity index (χ1v) is 42.6. The standard InChI is InChI=1S/C32H28NSi2.C21H20NOSi.C20H18NO2SSi.3Ir/c1-34(2,3)27-19-20-30(33-23-27)24-18-21-32-29(22-24)28-16-10-11-17-31(28)35(32,25-12-6-4-7-13-25)26-14-8-5-9-15-26;1-14-11-18(22-13-21(14)24(2,3)4)15-9-10-20-17(12-15)16-7-5-6-8-19(16)23-20;1-25(2,3)15-9-10-18(21-13-15)14-8-11-20-17(12-14)16-6-4-5-7-19(16)24(20,22)23;;;/h4-17,19-23H,1-3H3;5-8,10-13H,1-4H3;4-7,9-13H,1-3H3;;;/q3*-1;;;. The molecule has 87 heavy (non-hydrogen) atoms. The zero-order valence-corrected chi connectivity index (χ0v) is 62.3. The van der Waals surface area contributed by atoms with Crippen LogP contribution < -0.4 is 36.3 Å². The molecule has 443 valence electrons. The van der Waals surface area contributed by atoms with E-state index in [2.05, 4.69) is 235 Å². The average Bonchev–Trinajstić information content (AvgIpc) is 1.57. The van der Waals surface area contributed by atoms with Gasteiger partial charge in [-0.05, 0) is 72.9 Å². The Morgan fingerprint density at radius 2 is 0.920 bits per heavy atom. The van der Waals surface area contributed by atoms with Crippen LogP contribution in [0.2, 0.25) is 58.9 Å². The minimum atomic E-state index is -3.44. The molecular formula is C73H66Ir3N3O3SSi4-3. The third kappa shape index (κ3) is 12.5. The normalized spacial score (nSPS) is 13.2. The molecule has 6 heterocycles. The summed E-state index contributed by atoms with van der Waals surface area (Å²) in [7, 11) is -10.00. The molecule has 0 fully saturated rings. The van der Waals surface area contributed by atoms with Crippen LogP contribution in [-0.2, 0) is 70.2 Å². The minimum Gasteiger partial charge on any atom is -0.500 e. The van der Waals surface area contributed by atoms with Crippen LogP contribution in [0.3, 0.4) is 0 Å². The van der Waals surface area contributed by atoms with Crippen LogP contribution >= 0.6 is 0 Å². The Kier molecular flexibility index (Phi) is 19.3. The van der Waals surface area contributed by atoms with E-state index in [0.29, 0.717) is 9.79 Å². The molecule has 2 aliphatic heterocycles. The number of rotatable bonds is 8. The monoisotopic (exact) mass is 1760 g/mol. The van der Waals surface area contributed by atoms with E-state index in [1.165, 1.54) is 53.0 Å². The average molecular weight is 1750 g/mol. The third-order valence-corrected chi connectivity index (χ3v) is 29.3. The summed E-state index contributed by atoms with van der Waals surface area (Å²) in [5, 5.41) is 12.1. The Labute approximate surface area is 557 Å². The van der Waals surface area contributed by atoms with Gasteiger partial charge in [-0.25, -0.2) is 8.42 Å². The first-order chi connectivity index (χ1) is 40.2. The number of hydrogen-bond acceptors (Lipinski definition) is 6. The number of benzene rings is 8. The maximum absolute atomic E-state index is 12.6. The van der Waals surface area contributed by atoms with Crippen molar-refractivity contribution in [2.24, 2.45) is 0 Å². The van der Waals surface area contributed by atoms with Gasteiger partial charge in [0, 0.05) is 84.3 Å². The predicted octanol–water partition coefficient (Wildman–Crippen LogP) is 13.7. The molecule has 12 aromatic rings. The van der Waals surface area contributed by atoms with Gasteiger partial charge >= 0.3 is 0 Å². The van der Waals surface area contributed by atoms with Crippen molar-refractivity contribution in [2.45, 2.75) is 75.6 Å². The Balaban J connectivity index is 0.000000157. The van der Waals surface area contributed by atoms with Crippen LogP contribution in [0.4, 0.5) is 0 Å². The molecule has 2 aliphatic rings. The summed E-state index contributed by atoms with van der Waals surface area (Å²) in [5.41, 5.74) is 12.9. The molecule has 14 heteroatoms. The second-order valence-electron chi connectivity index (χ2n) is 25.0. The minimum absolute atomic E-state index is 0. The number of fused-ring (bicyclic) bond motifs is 9. The van der Waals surface area contributed by atoms with Gasteiger partial charge in [0.15, 0.2) is 9.84 Å². The summed E-state index contributed by atoms with van der Waals surface area (Å²) in [6.07, 6.45) is 6.07. The van der Waals surface area contributed by atoms with Gasteiger partial charge in [-0.2, -0.15) is 0 Å². The Morgan fingerprint density at radius 1 is 0.414 bits per heavy atom. The van der Waals surface area contributed by atoms with Gasteiger partial charge in [0.2, 0.25) is 0 Å². The summed E-state index contributed by atoms with van der Waals surface area (Å²) < 4.78 is 31.2. The number of nitrogens with zero attached hydrogens (tertiary/aromatic N) is 3. The fourth-order valence-corrected chi connectivity index (χ4v) is 22.5. The van der Waals surface area contributed by atoms with E-state index in [0.717, 1.165) is 66.8 Å². The molecule has 8 aromatic carbocycles. The van der Waals surface area contributed by atoms with Crippen molar-refractivity contribution in [1.82, 2.24) is 15.0 Å². The molecular weight excluding hydrogens is 1690 g/mol. The van der Waals surface area contributed by atoms with Crippen molar-refractivity contribution >= 4 is 100 Å². The molecule has 0 N–H and O–H groups in total. The Morgan fingerprint density at radius 3 is 1.49 bits per heavy atom. The molecule has 0 aliphatic carbocycles. The predicted molar refractivity (Wildman–Crippen MR) is 360 cm³/mol. The number of para-hydroxylation sites is 1. The largest absolute Gasteiger partial charge is 0.500 e. The quantitative estimate of drug-likeness (QED) is 0.111. The number of hydrogen-bond donors (Lipinski definition) is 0. The fourth-order valence-electron chi connectivity index (χ4n) is 11.9. The number of pyridine rings is 3.